The van der Waals surface area contributed by atoms with Crippen LogP contribution in [0.1, 0.15) is 33.3 Å². The summed E-state index contributed by atoms with van der Waals surface area (Å²) in [6, 6.07) is 1.87. The van der Waals surface area contributed by atoms with Crippen molar-refractivity contribution in [2.75, 3.05) is 18.0 Å². The highest BCUT2D eigenvalue weighted by molar-refractivity contribution is 6.29. The van der Waals surface area contributed by atoms with Crippen LogP contribution in [0.3, 0.4) is 0 Å². The molecule has 1 aliphatic rings. The molecule has 0 bridgehead atoms. The molecule has 0 radical (unpaired) electrons. The molecule has 0 atom stereocenters. The summed E-state index contributed by atoms with van der Waals surface area (Å²) >= 11 is 5.75. The van der Waals surface area contributed by atoms with E-state index in [1.807, 2.05) is 27.7 Å². The van der Waals surface area contributed by atoms with Gasteiger partial charge in [0.15, 0.2) is 0 Å². The highest BCUT2D eigenvalue weighted by atomic mass is 35.5. The van der Waals surface area contributed by atoms with Crippen LogP contribution in [0.15, 0.2) is 12.1 Å². The van der Waals surface area contributed by atoms with Crippen molar-refractivity contribution in [1.29, 1.82) is 0 Å². The molecule has 0 aromatic carbocycles. The van der Waals surface area contributed by atoms with Crippen LogP contribution in [-0.4, -0.2) is 29.3 Å². The average Bonchev–Trinajstić information content (AvgIpc) is 2.22. The van der Waals surface area contributed by atoms with Crippen LogP contribution in [0, 0.1) is 0 Å². The third-order valence-corrected chi connectivity index (χ3v) is 3.32. The van der Waals surface area contributed by atoms with Gasteiger partial charge in [-0.2, -0.15) is 13.2 Å². The van der Waals surface area contributed by atoms with Crippen LogP contribution >= 0.6 is 11.6 Å². The van der Waals surface area contributed by atoms with Gasteiger partial charge >= 0.3 is 6.18 Å². The van der Waals surface area contributed by atoms with Gasteiger partial charge in [-0.15, -0.1) is 0 Å². The monoisotopic (exact) mass is 322 g/mol. The number of ether oxygens (including phenoxy) is 1. The molecule has 1 aromatic rings. The summed E-state index contributed by atoms with van der Waals surface area (Å²) < 4.78 is 44.6. The molecule has 1 aliphatic heterocycles. The molecule has 0 N–H and O–H groups in total. The summed E-state index contributed by atoms with van der Waals surface area (Å²) in [5, 5.41) is -0.165. The largest absolute Gasteiger partial charge is 0.416 e. The Morgan fingerprint density at radius 3 is 2.14 bits per heavy atom. The van der Waals surface area contributed by atoms with E-state index in [0.717, 1.165) is 12.1 Å². The quantitative estimate of drug-likeness (QED) is 0.726. The van der Waals surface area contributed by atoms with E-state index in [1.54, 1.807) is 4.90 Å². The standard InChI is InChI=1S/C14H18ClF3N2O/c1-12(2)7-20(8-13(3,4)21-12)11-6-9(14(16,17)18)5-10(15)19-11/h5-6H,7-8H2,1-4H3. The van der Waals surface area contributed by atoms with E-state index in [0.29, 0.717) is 13.1 Å². The second-order valence-electron chi connectivity index (χ2n) is 6.51. The molecular weight excluding hydrogens is 305 g/mol. The number of hydrogen-bond donors (Lipinski definition) is 0. The van der Waals surface area contributed by atoms with Crippen molar-refractivity contribution >= 4 is 17.4 Å². The van der Waals surface area contributed by atoms with Gasteiger partial charge < -0.3 is 9.64 Å². The third kappa shape index (κ3) is 4.01. The van der Waals surface area contributed by atoms with Crippen LogP contribution in [0.5, 0.6) is 0 Å². The SMILES string of the molecule is CC1(C)CN(c2cc(C(F)(F)F)cc(Cl)n2)CC(C)(C)O1. The van der Waals surface area contributed by atoms with Crippen LogP contribution in [-0.2, 0) is 10.9 Å². The van der Waals surface area contributed by atoms with E-state index >= 15 is 0 Å². The van der Waals surface area contributed by atoms with E-state index < -0.39 is 22.9 Å². The van der Waals surface area contributed by atoms with E-state index in [1.165, 1.54) is 0 Å². The maximum absolute atomic E-state index is 12.9. The molecule has 118 valence electrons. The zero-order valence-electron chi connectivity index (χ0n) is 12.4. The maximum atomic E-state index is 12.9. The third-order valence-electron chi connectivity index (χ3n) is 3.13. The number of anilines is 1. The van der Waals surface area contributed by atoms with Gasteiger partial charge in [0.05, 0.1) is 16.8 Å². The number of rotatable bonds is 1. The van der Waals surface area contributed by atoms with E-state index in [4.69, 9.17) is 16.3 Å². The lowest BCUT2D eigenvalue weighted by Crippen LogP contribution is -2.57. The summed E-state index contributed by atoms with van der Waals surface area (Å²) in [5.74, 6) is 0.222. The number of hydrogen-bond acceptors (Lipinski definition) is 3. The van der Waals surface area contributed by atoms with E-state index in [-0.39, 0.29) is 11.0 Å². The minimum Gasteiger partial charge on any atom is -0.366 e. The van der Waals surface area contributed by atoms with Gasteiger partial charge in [-0.3, -0.25) is 0 Å². The molecule has 3 nitrogen and oxygen atoms in total. The van der Waals surface area contributed by atoms with E-state index in [9.17, 15) is 13.2 Å². The number of nitrogens with zero attached hydrogens (tertiary/aromatic N) is 2. The molecule has 0 unspecified atom stereocenters. The Labute approximate surface area is 127 Å². The van der Waals surface area contributed by atoms with Gasteiger partial charge in [0.25, 0.3) is 0 Å². The van der Waals surface area contributed by atoms with Crippen molar-refractivity contribution < 1.29 is 17.9 Å². The van der Waals surface area contributed by atoms with Gasteiger partial charge in [0, 0.05) is 13.1 Å². The topological polar surface area (TPSA) is 25.4 Å². The Hall–Kier alpha value is -1.01. The van der Waals surface area contributed by atoms with Gasteiger partial charge in [-0.05, 0) is 39.8 Å². The Bertz CT molecular complexity index is 528. The first-order chi connectivity index (χ1) is 9.38. The minimum absolute atomic E-state index is 0.165. The fraction of sp³-hybridized carbons (Fsp3) is 0.643. The maximum Gasteiger partial charge on any atom is 0.416 e. The molecule has 7 heteroatoms. The smallest absolute Gasteiger partial charge is 0.366 e. The lowest BCUT2D eigenvalue weighted by atomic mass is 9.99. The predicted octanol–water partition coefficient (Wildman–Crippen LogP) is 4.15. The molecule has 0 aliphatic carbocycles. The molecule has 1 fully saturated rings. The molecule has 1 aromatic heterocycles. The zero-order valence-corrected chi connectivity index (χ0v) is 13.1. The zero-order chi connectivity index (χ0) is 16.1. The Kier molecular flexibility index (Phi) is 3.91. The highest BCUT2D eigenvalue weighted by Crippen LogP contribution is 2.35. The van der Waals surface area contributed by atoms with Crippen LogP contribution in [0.2, 0.25) is 5.15 Å². The first-order valence-electron chi connectivity index (χ1n) is 6.58. The van der Waals surface area contributed by atoms with Gasteiger partial charge in [0.2, 0.25) is 0 Å². The summed E-state index contributed by atoms with van der Waals surface area (Å²) in [6.07, 6.45) is -4.45. The van der Waals surface area contributed by atoms with Crippen molar-refractivity contribution in [1.82, 2.24) is 4.98 Å². The Morgan fingerprint density at radius 2 is 1.67 bits per heavy atom. The predicted molar refractivity (Wildman–Crippen MR) is 75.7 cm³/mol. The molecule has 0 spiro atoms. The number of morpholine rings is 1. The first-order valence-corrected chi connectivity index (χ1v) is 6.96. The number of halogens is 4. The van der Waals surface area contributed by atoms with Crippen LogP contribution in [0.4, 0.5) is 19.0 Å². The highest BCUT2D eigenvalue weighted by Gasteiger charge is 2.39. The molecule has 0 amide bonds. The van der Waals surface area contributed by atoms with Crippen molar-refractivity contribution in [3.63, 3.8) is 0 Å². The second-order valence-corrected chi connectivity index (χ2v) is 6.90. The number of aromatic nitrogens is 1. The normalized spacial score (nSPS) is 21.4. The summed E-state index contributed by atoms with van der Waals surface area (Å²) in [6.45, 7) is 8.49. The summed E-state index contributed by atoms with van der Waals surface area (Å²) in [7, 11) is 0. The fourth-order valence-corrected chi connectivity index (χ4v) is 2.96. The fourth-order valence-electron chi connectivity index (χ4n) is 2.76. The Balaban J connectivity index is 2.39. The van der Waals surface area contributed by atoms with Crippen molar-refractivity contribution in [3.05, 3.63) is 22.8 Å². The van der Waals surface area contributed by atoms with Crippen LogP contribution < -0.4 is 4.90 Å². The lowest BCUT2D eigenvalue weighted by Gasteiger charge is -2.47. The average molecular weight is 323 g/mol. The van der Waals surface area contributed by atoms with Gasteiger partial charge in [0.1, 0.15) is 11.0 Å². The van der Waals surface area contributed by atoms with Crippen molar-refractivity contribution in [2.24, 2.45) is 0 Å². The van der Waals surface area contributed by atoms with E-state index in [2.05, 4.69) is 4.98 Å². The minimum atomic E-state index is -4.45. The summed E-state index contributed by atoms with van der Waals surface area (Å²) in [4.78, 5) is 5.82. The molecule has 21 heavy (non-hydrogen) atoms. The molecule has 1 saturated heterocycles. The molecular formula is C14H18ClF3N2O. The molecule has 2 rings (SSSR count). The number of alkyl halides is 3. The van der Waals surface area contributed by atoms with Crippen LogP contribution in [0.25, 0.3) is 0 Å². The summed E-state index contributed by atoms with van der Waals surface area (Å²) in [5.41, 5.74) is -1.76. The second kappa shape index (κ2) is 5.02. The lowest BCUT2D eigenvalue weighted by molar-refractivity contribution is -0.137. The Morgan fingerprint density at radius 1 is 1.14 bits per heavy atom. The first kappa shape index (κ1) is 16.4. The number of pyridine rings is 1. The van der Waals surface area contributed by atoms with Gasteiger partial charge in [-0.1, -0.05) is 11.6 Å². The van der Waals surface area contributed by atoms with Crippen molar-refractivity contribution in [2.45, 2.75) is 45.1 Å². The molecule has 0 saturated carbocycles. The van der Waals surface area contributed by atoms with Crippen molar-refractivity contribution in [3.8, 4) is 0 Å². The molecule has 2 heterocycles. The van der Waals surface area contributed by atoms with Gasteiger partial charge in [-0.25, -0.2) is 4.98 Å².